The van der Waals surface area contributed by atoms with Crippen LogP contribution in [0.15, 0.2) is 24.5 Å². The summed E-state index contributed by atoms with van der Waals surface area (Å²) in [5, 5.41) is 8.41. The van der Waals surface area contributed by atoms with Crippen molar-refractivity contribution in [3.05, 3.63) is 47.3 Å². The first-order valence-corrected chi connectivity index (χ1v) is 5.82. The van der Waals surface area contributed by atoms with E-state index in [4.69, 9.17) is 0 Å². The Kier molecular flexibility index (Phi) is 3.92. The van der Waals surface area contributed by atoms with E-state index in [1.807, 2.05) is 0 Å². The third-order valence-corrected chi connectivity index (χ3v) is 2.73. The van der Waals surface area contributed by atoms with Crippen LogP contribution < -0.4 is 5.32 Å². The Hall–Kier alpha value is -2.45. The zero-order valence-electron chi connectivity index (χ0n) is 10.7. The van der Waals surface area contributed by atoms with Crippen LogP contribution in [0.25, 0.3) is 0 Å². The highest BCUT2D eigenvalue weighted by Gasteiger charge is 2.32. The highest BCUT2D eigenvalue weighted by molar-refractivity contribution is 5.94. The second-order valence-corrected chi connectivity index (χ2v) is 4.26. The number of nitrogens with one attached hydrogen (secondary N) is 2. The first kappa shape index (κ1) is 14.9. The fourth-order valence-corrected chi connectivity index (χ4v) is 1.64. The number of benzene rings is 1. The second-order valence-electron chi connectivity index (χ2n) is 4.26. The van der Waals surface area contributed by atoms with E-state index < -0.39 is 35.1 Å². The topological polar surface area (TPSA) is 70.7 Å². The molecule has 2 aromatic rings. The van der Waals surface area contributed by atoms with E-state index in [1.165, 1.54) is 13.3 Å². The number of aromatic amines is 1. The molecule has 5 nitrogen and oxygen atoms in total. The number of halogens is 4. The Morgan fingerprint density at radius 3 is 2.67 bits per heavy atom. The SMILES string of the molecule is CC(NC(=O)c1cc(C(F)(F)F)ccc1F)c1ncn[nH]1. The summed E-state index contributed by atoms with van der Waals surface area (Å²) in [5.74, 6) is -1.71. The summed E-state index contributed by atoms with van der Waals surface area (Å²) in [6.07, 6.45) is -3.44. The lowest BCUT2D eigenvalue weighted by atomic mass is 10.1. The number of nitrogens with zero attached hydrogens (tertiary/aromatic N) is 2. The Morgan fingerprint density at radius 2 is 2.10 bits per heavy atom. The highest BCUT2D eigenvalue weighted by atomic mass is 19.4. The predicted octanol–water partition coefficient (Wildman–Crippen LogP) is 2.45. The molecule has 0 saturated heterocycles. The van der Waals surface area contributed by atoms with E-state index in [2.05, 4.69) is 20.5 Å². The molecular formula is C12H10F4N4O. The maximum Gasteiger partial charge on any atom is 0.416 e. The van der Waals surface area contributed by atoms with Crippen LogP contribution in [-0.2, 0) is 6.18 Å². The Labute approximate surface area is 116 Å². The van der Waals surface area contributed by atoms with Gasteiger partial charge in [0.2, 0.25) is 0 Å². The van der Waals surface area contributed by atoms with Gasteiger partial charge in [0.25, 0.3) is 5.91 Å². The average molecular weight is 302 g/mol. The first-order valence-electron chi connectivity index (χ1n) is 5.82. The molecule has 1 aromatic heterocycles. The van der Waals surface area contributed by atoms with Gasteiger partial charge in [0.15, 0.2) is 0 Å². The molecular weight excluding hydrogens is 292 g/mol. The minimum absolute atomic E-state index is 0.302. The number of carbonyl (C=O) groups is 1. The summed E-state index contributed by atoms with van der Waals surface area (Å²) in [6, 6.07) is 0.995. The number of rotatable bonds is 3. The molecule has 0 aliphatic carbocycles. The monoisotopic (exact) mass is 302 g/mol. The Balaban J connectivity index is 2.23. The molecule has 0 bridgehead atoms. The third-order valence-electron chi connectivity index (χ3n) is 2.73. The highest BCUT2D eigenvalue weighted by Crippen LogP contribution is 2.30. The number of hydrogen-bond donors (Lipinski definition) is 2. The molecule has 0 saturated carbocycles. The molecule has 1 atom stereocenters. The van der Waals surface area contributed by atoms with Crippen molar-refractivity contribution in [2.45, 2.75) is 19.1 Å². The van der Waals surface area contributed by atoms with Crippen LogP contribution in [0.5, 0.6) is 0 Å². The molecule has 1 unspecified atom stereocenters. The van der Waals surface area contributed by atoms with Gasteiger partial charge in [-0.2, -0.15) is 18.3 Å². The lowest BCUT2D eigenvalue weighted by Crippen LogP contribution is -2.28. The van der Waals surface area contributed by atoms with Crippen molar-refractivity contribution < 1.29 is 22.4 Å². The van der Waals surface area contributed by atoms with Crippen molar-refractivity contribution >= 4 is 5.91 Å². The second kappa shape index (κ2) is 5.51. The van der Waals surface area contributed by atoms with Crippen molar-refractivity contribution in [2.24, 2.45) is 0 Å². The first-order chi connectivity index (χ1) is 9.79. The molecule has 21 heavy (non-hydrogen) atoms. The summed E-state index contributed by atoms with van der Waals surface area (Å²) in [6.45, 7) is 1.53. The third kappa shape index (κ3) is 3.36. The average Bonchev–Trinajstić information content (AvgIpc) is 2.91. The number of hydrogen-bond acceptors (Lipinski definition) is 3. The molecule has 1 heterocycles. The van der Waals surface area contributed by atoms with Crippen molar-refractivity contribution in [1.82, 2.24) is 20.5 Å². The van der Waals surface area contributed by atoms with Crippen LogP contribution in [-0.4, -0.2) is 21.1 Å². The molecule has 1 amide bonds. The molecule has 9 heteroatoms. The van der Waals surface area contributed by atoms with Gasteiger partial charge in [0.1, 0.15) is 18.0 Å². The van der Waals surface area contributed by atoms with Crippen molar-refractivity contribution in [3.63, 3.8) is 0 Å². The van der Waals surface area contributed by atoms with Gasteiger partial charge in [-0.25, -0.2) is 9.37 Å². The zero-order valence-corrected chi connectivity index (χ0v) is 10.7. The smallest absolute Gasteiger partial charge is 0.342 e. The van der Waals surface area contributed by atoms with E-state index in [-0.39, 0.29) is 0 Å². The number of carbonyl (C=O) groups excluding carboxylic acids is 1. The van der Waals surface area contributed by atoms with Gasteiger partial charge in [-0.05, 0) is 25.1 Å². The van der Waals surface area contributed by atoms with Gasteiger partial charge < -0.3 is 5.32 Å². The predicted molar refractivity (Wildman–Crippen MR) is 63.7 cm³/mol. The van der Waals surface area contributed by atoms with E-state index in [9.17, 15) is 22.4 Å². The molecule has 0 aliphatic rings. The molecule has 0 spiro atoms. The lowest BCUT2D eigenvalue weighted by Gasteiger charge is -2.13. The normalized spacial score (nSPS) is 13.0. The molecule has 2 rings (SSSR count). The van der Waals surface area contributed by atoms with E-state index in [1.54, 1.807) is 0 Å². The number of H-pyrrole nitrogens is 1. The number of aromatic nitrogens is 3. The number of amides is 1. The van der Waals surface area contributed by atoms with Crippen LogP contribution in [0.4, 0.5) is 17.6 Å². The largest absolute Gasteiger partial charge is 0.416 e. The molecule has 0 fully saturated rings. The van der Waals surface area contributed by atoms with Crippen LogP contribution >= 0.6 is 0 Å². The summed E-state index contributed by atoms with van der Waals surface area (Å²) < 4.78 is 51.3. The maximum atomic E-state index is 13.5. The molecule has 112 valence electrons. The fourth-order valence-electron chi connectivity index (χ4n) is 1.64. The van der Waals surface area contributed by atoms with Crippen LogP contribution in [0.2, 0.25) is 0 Å². The van der Waals surface area contributed by atoms with Crippen LogP contribution in [0, 0.1) is 5.82 Å². The standard InChI is InChI=1S/C12H10F4N4O/c1-6(10-17-5-18-20-10)19-11(21)8-4-7(12(14,15)16)2-3-9(8)13/h2-6H,1H3,(H,19,21)(H,17,18,20). The van der Waals surface area contributed by atoms with Crippen molar-refractivity contribution in [3.8, 4) is 0 Å². The van der Waals surface area contributed by atoms with Crippen molar-refractivity contribution in [2.75, 3.05) is 0 Å². The van der Waals surface area contributed by atoms with Gasteiger partial charge in [-0.15, -0.1) is 0 Å². The van der Waals surface area contributed by atoms with Gasteiger partial charge in [0, 0.05) is 0 Å². The molecule has 1 aromatic carbocycles. The van der Waals surface area contributed by atoms with Crippen LogP contribution in [0.3, 0.4) is 0 Å². The molecule has 0 radical (unpaired) electrons. The minimum Gasteiger partial charge on any atom is -0.342 e. The number of alkyl halides is 3. The van der Waals surface area contributed by atoms with E-state index in [0.29, 0.717) is 24.0 Å². The van der Waals surface area contributed by atoms with Gasteiger partial charge in [-0.3, -0.25) is 9.89 Å². The van der Waals surface area contributed by atoms with Gasteiger partial charge >= 0.3 is 6.18 Å². The van der Waals surface area contributed by atoms with Gasteiger partial charge in [0.05, 0.1) is 17.2 Å². The Morgan fingerprint density at radius 1 is 1.38 bits per heavy atom. The summed E-state index contributed by atoms with van der Waals surface area (Å²) in [7, 11) is 0. The van der Waals surface area contributed by atoms with E-state index in [0.717, 1.165) is 0 Å². The van der Waals surface area contributed by atoms with Gasteiger partial charge in [-0.1, -0.05) is 0 Å². The van der Waals surface area contributed by atoms with Crippen LogP contribution in [0.1, 0.15) is 34.7 Å². The summed E-state index contributed by atoms with van der Waals surface area (Å²) >= 11 is 0. The fraction of sp³-hybridized carbons (Fsp3) is 0.250. The summed E-state index contributed by atoms with van der Waals surface area (Å²) in [5.41, 5.74) is -1.78. The lowest BCUT2D eigenvalue weighted by molar-refractivity contribution is -0.137. The summed E-state index contributed by atoms with van der Waals surface area (Å²) in [4.78, 5) is 15.7. The molecule has 2 N–H and O–H groups in total. The Bertz CT molecular complexity index is 639. The molecule has 0 aliphatic heterocycles. The van der Waals surface area contributed by atoms with Crippen molar-refractivity contribution in [1.29, 1.82) is 0 Å². The maximum absolute atomic E-state index is 13.5. The minimum atomic E-state index is -4.65. The quantitative estimate of drug-likeness (QED) is 0.856. The zero-order chi connectivity index (χ0) is 15.6. The van der Waals surface area contributed by atoms with E-state index >= 15 is 0 Å².